The summed E-state index contributed by atoms with van der Waals surface area (Å²) in [5.41, 5.74) is 0. The lowest BCUT2D eigenvalue weighted by Gasteiger charge is -2.33. The van der Waals surface area contributed by atoms with Gasteiger partial charge in [0.05, 0.1) is 12.2 Å². The van der Waals surface area contributed by atoms with Crippen LogP contribution in [0.3, 0.4) is 0 Å². The first-order valence-corrected chi connectivity index (χ1v) is 8.14. The second-order valence-corrected chi connectivity index (χ2v) is 7.69. The van der Waals surface area contributed by atoms with Crippen molar-refractivity contribution in [3.8, 4) is 0 Å². The molecule has 1 aromatic heterocycles. The average molecular weight is 385 g/mol. The highest BCUT2D eigenvalue weighted by atomic mass is 127. The monoisotopic (exact) mass is 385 g/mol. The van der Waals surface area contributed by atoms with E-state index in [2.05, 4.69) is 32.9 Å². The molecule has 102 valence electrons. The van der Waals surface area contributed by atoms with Crippen molar-refractivity contribution < 1.29 is 8.42 Å². The molecule has 0 spiro atoms. The minimum Gasteiger partial charge on any atom is -0.235 e. The predicted octanol–water partition coefficient (Wildman–Crippen LogP) is 0.326. The average Bonchev–Trinajstić information content (AvgIpc) is 2.75. The summed E-state index contributed by atoms with van der Waals surface area (Å²) in [4.78, 5) is 0. The lowest BCUT2D eigenvalue weighted by molar-refractivity contribution is 0.239. The molecule has 1 unspecified atom stereocenters. The summed E-state index contributed by atoms with van der Waals surface area (Å²) >= 11 is 2.16. The second-order valence-electron chi connectivity index (χ2n) is 4.45. The zero-order chi connectivity index (χ0) is 13.3. The third kappa shape index (κ3) is 2.68. The number of nitrogens with zero attached hydrogens (tertiary/aromatic N) is 5. The Morgan fingerprint density at radius 2 is 2.22 bits per heavy atom. The van der Waals surface area contributed by atoms with Crippen LogP contribution in [0.1, 0.15) is 18.9 Å². The van der Waals surface area contributed by atoms with Gasteiger partial charge in [-0.15, -0.1) is 5.10 Å². The van der Waals surface area contributed by atoms with Gasteiger partial charge in [0, 0.05) is 27.2 Å². The van der Waals surface area contributed by atoms with Crippen LogP contribution in [0.15, 0.2) is 6.20 Å². The van der Waals surface area contributed by atoms with E-state index in [1.807, 2.05) is 0 Å². The third-order valence-electron chi connectivity index (χ3n) is 3.02. The van der Waals surface area contributed by atoms with Gasteiger partial charge in [0.1, 0.15) is 3.70 Å². The minimum absolute atomic E-state index is 0.0721. The maximum absolute atomic E-state index is 12.1. The molecule has 7 nitrogen and oxygen atoms in total. The van der Waals surface area contributed by atoms with Gasteiger partial charge in [-0.05, 0) is 35.4 Å². The first kappa shape index (κ1) is 14.2. The Hall–Kier alpha value is -0.260. The summed E-state index contributed by atoms with van der Waals surface area (Å²) in [6.07, 6.45) is 3.45. The molecule has 2 heterocycles. The van der Waals surface area contributed by atoms with Gasteiger partial charge in [0.2, 0.25) is 0 Å². The van der Waals surface area contributed by atoms with E-state index in [4.69, 9.17) is 0 Å². The Balaban J connectivity index is 2.18. The number of hydrogen-bond donors (Lipinski definition) is 0. The zero-order valence-corrected chi connectivity index (χ0v) is 13.3. The Morgan fingerprint density at radius 3 is 2.78 bits per heavy atom. The van der Waals surface area contributed by atoms with Gasteiger partial charge < -0.3 is 0 Å². The first-order valence-electron chi connectivity index (χ1n) is 5.66. The standard InChI is InChI=1S/C9H16IN5O2S/c1-13(2)18(16,17)14-5-3-4-8(7-14)15-9(10)6-11-12-15/h6,8H,3-5,7H2,1-2H3. The normalized spacial score (nSPS) is 22.6. The van der Waals surface area contributed by atoms with Crippen molar-refractivity contribution in [1.29, 1.82) is 0 Å². The van der Waals surface area contributed by atoms with Crippen LogP contribution in [0.2, 0.25) is 0 Å². The molecule has 0 saturated carbocycles. The molecule has 0 bridgehead atoms. The van der Waals surface area contributed by atoms with Crippen molar-refractivity contribution in [1.82, 2.24) is 23.6 Å². The summed E-state index contributed by atoms with van der Waals surface area (Å²) in [7, 11) is -0.227. The maximum atomic E-state index is 12.1. The van der Waals surface area contributed by atoms with E-state index < -0.39 is 10.2 Å². The predicted molar refractivity (Wildman–Crippen MR) is 75.2 cm³/mol. The molecule has 2 rings (SSSR count). The summed E-state index contributed by atoms with van der Waals surface area (Å²) in [5.74, 6) is 0. The van der Waals surface area contributed by atoms with Crippen LogP contribution >= 0.6 is 22.6 Å². The summed E-state index contributed by atoms with van der Waals surface area (Å²) in [6, 6.07) is 0.0721. The van der Waals surface area contributed by atoms with Gasteiger partial charge in [-0.1, -0.05) is 5.21 Å². The highest BCUT2D eigenvalue weighted by Gasteiger charge is 2.32. The molecule has 1 aliphatic rings. The molecule has 0 N–H and O–H groups in total. The fourth-order valence-electron chi connectivity index (χ4n) is 2.04. The Kier molecular flexibility index (Phi) is 4.24. The molecule has 18 heavy (non-hydrogen) atoms. The van der Waals surface area contributed by atoms with Crippen LogP contribution in [0.5, 0.6) is 0 Å². The fourth-order valence-corrected chi connectivity index (χ4v) is 3.84. The molecular weight excluding hydrogens is 369 g/mol. The van der Waals surface area contributed by atoms with Crippen molar-refractivity contribution >= 4 is 32.8 Å². The van der Waals surface area contributed by atoms with Gasteiger partial charge in [-0.3, -0.25) is 0 Å². The number of piperidine rings is 1. The van der Waals surface area contributed by atoms with E-state index in [0.29, 0.717) is 13.1 Å². The molecule has 0 amide bonds. The molecule has 0 aliphatic carbocycles. The van der Waals surface area contributed by atoms with Crippen molar-refractivity contribution in [2.75, 3.05) is 27.2 Å². The Labute approximate surface area is 120 Å². The van der Waals surface area contributed by atoms with E-state index in [1.54, 1.807) is 25.0 Å². The van der Waals surface area contributed by atoms with Crippen molar-refractivity contribution in [2.24, 2.45) is 0 Å². The Morgan fingerprint density at radius 1 is 1.50 bits per heavy atom. The van der Waals surface area contributed by atoms with Gasteiger partial charge in [-0.25, -0.2) is 4.68 Å². The van der Waals surface area contributed by atoms with Crippen molar-refractivity contribution in [3.05, 3.63) is 9.90 Å². The number of aromatic nitrogens is 3. The number of rotatable bonds is 3. The van der Waals surface area contributed by atoms with Gasteiger partial charge in [-0.2, -0.15) is 17.0 Å². The molecule has 1 saturated heterocycles. The summed E-state index contributed by atoms with van der Waals surface area (Å²) in [6.45, 7) is 1.03. The topological polar surface area (TPSA) is 71.3 Å². The lowest BCUT2D eigenvalue weighted by atomic mass is 10.1. The highest BCUT2D eigenvalue weighted by Crippen LogP contribution is 2.24. The van der Waals surface area contributed by atoms with Crippen LogP contribution in [0.4, 0.5) is 0 Å². The van der Waals surface area contributed by atoms with Crippen molar-refractivity contribution in [2.45, 2.75) is 18.9 Å². The molecule has 0 aromatic carbocycles. The van der Waals surface area contributed by atoms with Crippen LogP contribution in [0, 0.1) is 3.70 Å². The smallest absolute Gasteiger partial charge is 0.235 e. The molecule has 0 radical (unpaired) electrons. The highest BCUT2D eigenvalue weighted by molar-refractivity contribution is 14.1. The maximum Gasteiger partial charge on any atom is 0.281 e. The lowest BCUT2D eigenvalue weighted by Crippen LogP contribution is -2.46. The number of halogens is 1. The van der Waals surface area contributed by atoms with Crippen LogP contribution in [-0.4, -0.2) is 59.2 Å². The van der Waals surface area contributed by atoms with Crippen LogP contribution in [-0.2, 0) is 10.2 Å². The van der Waals surface area contributed by atoms with E-state index in [-0.39, 0.29) is 6.04 Å². The molecule has 1 aliphatic heterocycles. The van der Waals surface area contributed by atoms with Crippen LogP contribution in [0.25, 0.3) is 0 Å². The molecule has 9 heteroatoms. The van der Waals surface area contributed by atoms with Crippen molar-refractivity contribution in [3.63, 3.8) is 0 Å². The Bertz CT molecular complexity index is 515. The van der Waals surface area contributed by atoms with Gasteiger partial charge in [0.25, 0.3) is 10.2 Å². The third-order valence-corrected chi connectivity index (χ3v) is 5.70. The van der Waals surface area contributed by atoms with E-state index in [0.717, 1.165) is 16.5 Å². The first-order chi connectivity index (χ1) is 8.43. The largest absolute Gasteiger partial charge is 0.281 e. The SMILES string of the molecule is CN(C)S(=O)(=O)N1CCCC(n2nncc2I)C1. The second kappa shape index (κ2) is 5.39. The van der Waals surface area contributed by atoms with E-state index in [9.17, 15) is 8.42 Å². The van der Waals surface area contributed by atoms with Gasteiger partial charge in [0.15, 0.2) is 0 Å². The minimum atomic E-state index is -3.33. The summed E-state index contributed by atoms with van der Waals surface area (Å²) < 4.78 is 29.7. The number of hydrogen-bond acceptors (Lipinski definition) is 4. The summed E-state index contributed by atoms with van der Waals surface area (Å²) in [5, 5.41) is 7.87. The van der Waals surface area contributed by atoms with Crippen LogP contribution < -0.4 is 0 Å². The molecule has 1 aromatic rings. The van der Waals surface area contributed by atoms with Gasteiger partial charge >= 0.3 is 0 Å². The fraction of sp³-hybridized carbons (Fsp3) is 0.778. The quantitative estimate of drug-likeness (QED) is 0.703. The molecule has 1 fully saturated rings. The molecular formula is C9H16IN5O2S. The van der Waals surface area contributed by atoms with E-state index >= 15 is 0 Å². The zero-order valence-electron chi connectivity index (χ0n) is 10.3. The molecule has 1 atom stereocenters. The van der Waals surface area contributed by atoms with E-state index in [1.165, 1.54) is 8.61 Å².